The maximum Gasteiger partial charge on any atom is 0.418 e. The van der Waals surface area contributed by atoms with Crippen molar-refractivity contribution in [2.75, 3.05) is 17.7 Å². The summed E-state index contributed by atoms with van der Waals surface area (Å²) < 4.78 is 39.0. The number of carbonyl (C=O) groups excluding carboxylic acids is 2. The summed E-state index contributed by atoms with van der Waals surface area (Å²) in [6.45, 7) is 1.74. The minimum absolute atomic E-state index is 0.0160. The maximum atomic E-state index is 13.0. The Bertz CT molecular complexity index is 1200. The number of Topliss-reactive ketones (excluding diaryl/α,β-unsaturated/α-hetero) is 1. The lowest BCUT2D eigenvalue weighted by atomic mass is 10.0. The number of ketones is 1. The fourth-order valence-electron chi connectivity index (χ4n) is 2.72. The molecule has 0 saturated carbocycles. The number of hydrogen-bond donors (Lipinski definition) is 2. The molecule has 2 N–H and O–H groups in total. The van der Waals surface area contributed by atoms with Gasteiger partial charge >= 0.3 is 6.18 Å². The second kappa shape index (κ2) is 9.98. The number of amides is 1. The zero-order chi connectivity index (χ0) is 24.3. The second-order valence-corrected chi connectivity index (χ2v) is 8.57. The van der Waals surface area contributed by atoms with E-state index in [0.717, 1.165) is 17.5 Å². The van der Waals surface area contributed by atoms with E-state index in [4.69, 9.17) is 23.2 Å². The number of carbonyl (C=O) groups is 2. The number of anilines is 2. The minimum atomic E-state index is -4.69. The number of halogens is 5. The third-order valence-corrected chi connectivity index (χ3v) is 6.24. The van der Waals surface area contributed by atoms with Crippen molar-refractivity contribution in [3.63, 3.8) is 0 Å². The van der Waals surface area contributed by atoms with E-state index < -0.39 is 22.7 Å². The van der Waals surface area contributed by atoms with Gasteiger partial charge in [-0.25, -0.2) is 19.9 Å². The molecule has 33 heavy (non-hydrogen) atoms. The predicted molar refractivity (Wildman–Crippen MR) is 118 cm³/mol. The van der Waals surface area contributed by atoms with Gasteiger partial charge in [-0.1, -0.05) is 30.1 Å². The van der Waals surface area contributed by atoms with Gasteiger partial charge in [-0.15, -0.1) is 11.3 Å². The first-order chi connectivity index (χ1) is 15.5. The Balaban J connectivity index is 1.70. The summed E-state index contributed by atoms with van der Waals surface area (Å²) in [6, 6.07) is 0.647. The van der Waals surface area contributed by atoms with Gasteiger partial charge in [-0.3, -0.25) is 9.59 Å². The van der Waals surface area contributed by atoms with Crippen LogP contribution in [0.25, 0.3) is 0 Å². The van der Waals surface area contributed by atoms with Gasteiger partial charge in [0.15, 0.2) is 5.78 Å². The van der Waals surface area contributed by atoms with Gasteiger partial charge in [0.2, 0.25) is 0 Å². The zero-order valence-corrected chi connectivity index (χ0v) is 19.3. The van der Waals surface area contributed by atoms with E-state index >= 15 is 0 Å². The number of aromatic nitrogens is 4. The molecule has 3 aromatic rings. The molecular weight excluding hydrogens is 504 g/mol. The van der Waals surface area contributed by atoms with Crippen LogP contribution < -0.4 is 10.6 Å². The second-order valence-electron chi connectivity index (χ2n) is 6.73. The number of alkyl halides is 3. The van der Waals surface area contributed by atoms with Crippen LogP contribution in [-0.4, -0.2) is 38.7 Å². The van der Waals surface area contributed by atoms with Gasteiger partial charge in [-0.05, 0) is 6.07 Å². The average Bonchev–Trinajstić information content (AvgIpc) is 3.25. The van der Waals surface area contributed by atoms with Crippen molar-refractivity contribution in [3.8, 4) is 0 Å². The lowest BCUT2D eigenvalue weighted by Gasteiger charge is -2.10. The van der Waals surface area contributed by atoms with Crippen LogP contribution in [0.5, 0.6) is 0 Å². The molecule has 1 amide bonds. The SMILES string of the molecule is CNc1ncnc(C(=O)CC(C)c2ncc(C(=O)Nc3cc(C(F)(F)F)c(Cl)cn3)s2)c1Cl. The molecule has 0 aromatic carbocycles. The fraction of sp³-hybridized carbons (Fsp3) is 0.263. The molecule has 0 aliphatic carbocycles. The molecule has 0 aliphatic rings. The van der Waals surface area contributed by atoms with Crippen LogP contribution in [0.1, 0.15) is 50.0 Å². The van der Waals surface area contributed by atoms with Gasteiger partial charge in [0.25, 0.3) is 5.91 Å². The van der Waals surface area contributed by atoms with E-state index in [2.05, 4.69) is 30.6 Å². The quantitative estimate of drug-likeness (QED) is 0.407. The largest absolute Gasteiger partial charge is 0.418 e. The van der Waals surface area contributed by atoms with E-state index in [1.54, 1.807) is 14.0 Å². The smallest absolute Gasteiger partial charge is 0.372 e. The molecule has 14 heteroatoms. The Morgan fingerprint density at radius 2 is 1.88 bits per heavy atom. The highest BCUT2D eigenvalue weighted by atomic mass is 35.5. The first-order valence-corrected chi connectivity index (χ1v) is 10.8. The van der Waals surface area contributed by atoms with Crippen molar-refractivity contribution >= 4 is 57.9 Å². The Hall–Kier alpha value is -2.83. The normalized spacial score (nSPS) is 12.3. The standard InChI is InChI=1S/C19H15Cl2F3N6O2S/c1-8(3-11(31)15-14(21)16(25-2)29-7-28-15)18-27-6-12(33-18)17(32)30-13-4-9(19(22,23)24)10(20)5-26-13/h4-8H,3H2,1-2H3,(H,25,28,29)(H,26,30,32). The number of thiazole rings is 1. The van der Waals surface area contributed by atoms with Crippen molar-refractivity contribution in [1.29, 1.82) is 0 Å². The molecule has 0 saturated heterocycles. The summed E-state index contributed by atoms with van der Waals surface area (Å²) in [7, 11) is 1.61. The molecule has 0 aliphatic heterocycles. The van der Waals surface area contributed by atoms with E-state index in [0.29, 0.717) is 16.9 Å². The Morgan fingerprint density at radius 3 is 2.55 bits per heavy atom. The average molecular weight is 519 g/mol. The van der Waals surface area contributed by atoms with Crippen LogP contribution in [-0.2, 0) is 6.18 Å². The van der Waals surface area contributed by atoms with Crippen molar-refractivity contribution < 1.29 is 22.8 Å². The fourth-order valence-corrected chi connectivity index (χ4v) is 4.10. The summed E-state index contributed by atoms with van der Waals surface area (Å²) in [5, 5.41) is 5.05. The van der Waals surface area contributed by atoms with Crippen molar-refractivity contribution in [3.05, 3.63) is 56.0 Å². The molecule has 3 aromatic heterocycles. The van der Waals surface area contributed by atoms with Crippen molar-refractivity contribution in [2.24, 2.45) is 0 Å². The van der Waals surface area contributed by atoms with E-state index in [1.807, 2.05) is 0 Å². The van der Waals surface area contributed by atoms with Crippen molar-refractivity contribution in [2.45, 2.75) is 25.4 Å². The van der Waals surface area contributed by atoms with Gasteiger partial charge in [-0.2, -0.15) is 13.2 Å². The topological polar surface area (TPSA) is 110 Å². The van der Waals surface area contributed by atoms with Crippen LogP contribution in [0.15, 0.2) is 24.8 Å². The molecule has 174 valence electrons. The number of rotatable bonds is 7. The van der Waals surface area contributed by atoms with Gasteiger partial charge in [0.05, 0.1) is 21.8 Å². The predicted octanol–water partition coefficient (Wildman–Crippen LogP) is 5.32. The molecule has 0 fully saturated rings. The van der Waals surface area contributed by atoms with Crippen LogP contribution in [0.4, 0.5) is 24.8 Å². The van der Waals surface area contributed by atoms with Crippen LogP contribution in [0, 0.1) is 0 Å². The molecule has 0 radical (unpaired) electrons. The highest BCUT2D eigenvalue weighted by Gasteiger charge is 2.34. The maximum absolute atomic E-state index is 13.0. The molecule has 1 unspecified atom stereocenters. The number of nitrogens with one attached hydrogen (secondary N) is 2. The summed E-state index contributed by atoms with van der Waals surface area (Å²) >= 11 is 12.7. The molecule has 3 heterocycles. The summed E-state index contributed by atoms with van der Waals surface area (Å²) in [6.07, 6.45) is -1.38. The van der Waals surface area contributed by atoms with Crippen LogP contribution in [0.3, 0.4) is 0 Å². The van der Waals surface area contributed by atoms with Gasteiger partial charge in [0.1, 0.15) is 33.6 Å². The lowest BCUT2D eigenvalue weighted by Crippen LogP contribution is -2.13. The molecule has 8 nitrogen and oxygen atoms in total. The van der Waals surface area contributed by atoms with Crippen LogP contribution >= 0.6 is 34.5 Å². The first-order valence-electron chi connectivity index (χ1n) is 9.22. The summed E-state index contributed by atoms with van der Waals surface area (Å²) in [5.41, 5.74) is -1.05. The van der Waals surface area contributed by atoms with E-state index in [9.17, 15) is 22.8 Å². The molecule has 0 bridgehead atoms. The monoisotopic (exact) mass is 518 g/mol. The summed E-state index contributed by atoms with van der Waals surface area (Å²) in [4.78, 5) is 40.9. The zero-order valence-electron chi connectivity index (χ0n) is 17.0. The van der Waals surface area contributed by atoms with Gasteiger partial charge in [0, 0.05) is 25.6 Å². The molecular formula is C19H15Cl2F3N6O2S. The van der Waals surface area contributed by atoms with Crippen molar-refractivity contribution in [1.82, 2.24) is 19.9 Å². The molecule has 3 rings (SSSR count). The number of hydrogen-bond acceptors (Lipinski definition) is 8. The third-order valence-electron chi connectivity index (χ3n) is 4.35. The summed E-state index contributed by atoms with van der Waals surface area (Å²) in [5.74, 6) is -1.40. The third kappa shape index (κ3) is 5.75. The van der Waals surface area contributed by atoms with E-state index in [1.165, 1.54) is 12.5 Å². The van der Waals surface area contributed by atoms with E-state index in [-0.39, 0.29) is 39.5 Å². The molecule has 1 atom stereocenters. The number of nitrogens with zero attached hydrogens (tertiary/aromatic N) is 4. The van der Waals surface area contributed by atoms with Crippen LogP contribution in [0.2, 0.25) is 10.0 Å². The lowest BCUT2D eigenvalue weighted by molar-refractivity contribution is -0.137. The highest BCUT2D eigenvalue weighted by Crippen LogP contribution is 2.35. The van der Waals surface area contributed by atoms with Gasteiger partial charge < -0.3 is 10.6 Å². The Morgan fingerprint density at radius 1 is 1.15 bits per heavy atom. The number of pyridine rings is 1. The first kappa shape index (κ1) is 24.8. The minimum Gasteiger partial charge on any atom is -0.372 e. The highest BCUT2D eigenvalue weighted by molar-refractivity contribution is 7.13. The molecule has 0 spiro atoms. The Kier molecular flexibility index (Phi) is 7.50. The Labute approximate surface area is 199 Å².